The van der Waals surface area contributed by atoms with Crippen LogP contribution >= 0.6 is 23.5 Å². The number of amides is 1. The van der Waals surface area contributed by atoms with Crippen LogP contribution in [-0.2, 0) is 45.6 Å². The van der Waals surface area contributed by atoms with Crippen molar-refractivity contribution in [3.05, 3.63) is 46.9 Å². The Balaban J connectivity index is 1.82. The number of hydrogen-bond donors (Lipinski definition) is 6. The van der Waals surface area contributed by atoms with Gasteiger partial charge in [-0.1, -0.05) is 30.1 Å². The number of carbonyl (C=O) groups is 1. The number of aromatic amines is 1. The van der Waals surface area contributed by atoms with Gasteiger partial charge in [-0.15, -0.1) is 6.58 Å². The third-order valence-corrected chi connectivity index (χ3v) is 9.99. The second-order valence-electron chi connectivity index (χ2n) is 9.00. The maximum Gasteiger partial charge on any atom is 0.490 e. The number of nitrogen functional groups attached to an aromatic ring is 1. The van der Waals surface area contributed by atoms with Crippen LogP contribution in [0.2, 0.25) is 0 Å². The fourth-order valence-corrected chi connectivity index (χ4v) is 7.17. The molecule has 23 heteroatoms. The van der Waals surface area contributed by atoms with Crippen molar-refractivity contribution in [3.63, 3.8) is 0 Å². The monoisotopic (exact) mass is 711 g/mol. The van der Waals surface area contributed by atoms with Crippen LogP contribution in [0, 0.1) is 11.8 Å². The lowest BCUT2D eigenvalue weighted by molar-refractivity contribution is -0.0550. The minimum absolute atomic E-state index is 0.0190. The molecular weight excluding hydrogens is 679 g/mol. The maximum absolute atomic E-state index is 12.8. The fourth-order valence-electron chi connectivity index (χ4n) is 3.90. The lowest BCUT2D eigenvalue weighted by Crippen LogP contribution is -2.29. The molecular formula is C23H32N5O15P3. The number of alkyl carbamates (subject to hydrolysis) is 1. The molecule has 3 rings (SSSR count). The van der Waals surface area contributed by atoms with Gasteiger partial charge in [-0.25, -0.2) is 18.5 Å². The van der Waals surface area contributed by atoms with Crippen LogP contribution in [0.3, 0.4) is 0 Å². The first kappa shape index (κ1) is 37.3. The molecule has 6 atom stereocenters. The van der Waals surface area contributed by atoms with Gasteiger partial charge in [0, 0.05) is 19.7 Å². The standard InChI is InChI=1S/C23H32N5O15P3/c1-4-6-11-39-23(30)25-9-7-8-15-13-28(20-19(15)21(29)27-22(24)26-20)18-12-16(38-10-5-2)17(41-18)14-40-45(33,34)43-46(35,36)42-44(31,32)37-3/h4-6,13,16-18H,2,9-12,14H2,1,3H3,(H,25,30)(H,31,32)(H,33,34)(H,35,36)(H3,24,26,27,29)/b6-4-/t16?,17-,18-/m1/s1. The quantitative estimate of drug-likeness (QED) is 0.0872. The summed E-state index contributed by atoms with van der Waals surface area (Å²) in [6, 6.07) is 0. The highest BCUT2D eigenvalue weighted by Crippen LogP contribution is 2.67. The van der Waals surface area contributed by atoms with Crippen LogP contribution in [0.15, 0.2) is 35.8 Å². The average molecular weight is 711 g/mol. The van der Waals surface area contributed by atoms with E-state index in [1.807, 2.05) is 0 Å². The van der Waals surface area contributed by atoms with E-state index in [9.17, 15) is 38.0 Å². The first-order valence-electron chi connectivity index (χ1n) is 13.0. The molecule has 1 aliphatic rings. The van der Waals surface area contributed by atoms with Gasteiger partial charge in [0.2, 0.25) is 5.95 Å². The van der Waals surface area contributed by atoms with E-state index in [0.717, 1.165) is 0 Å². The normalized spacial score (nSPS) is 22.0. The van der Waals surface area contributed by atoms with Gasteiger partial charge >= 0.3 is 29.6 Å². The van der Waals surface area contributed by atoms with E-state index in [4.69, 9.17) is 24.5 Å². The number of phosphoric acid groups is 3. The third kappa shape index (κ3) is 10.7. The number of H-pyrrole nitrogens is 1. The number of nitrogens with one attached hydrogen (secondary N) is 2. The number of ether oxygens (including phenoxy) is 3. The Hall–Kier alpha value is -3.14. The number of hydrogen-bond acceptors (Lipinski definition) is 14. The minimum Gasteiger partial charge on any atom is -0.445 e. The van der Waals surface area contributed by atoms with Crippen molar-refractivity contribution in [1.29, 1.82) is 0 Å². The zero-order valence-electron chi connectivity index (χ0n) is 24.3. The van der Waals surface area contributed by atoms with Gasteiger partial charge < -0.3 is 44.5 Å². The van der Waals surface area contributed by atoms with Crippen LogP contribution in [-0.4, -0.2) is 81.0 Å². The van der Waals surface area contributed by atoms with E-state index in [1.165, 1.54) is 16.8 Å². The van der Waals surface area contributed by atoms with Gasteiger partial charge in [0.25, 0.3) is 5.56 Å². The molecule has 0 spiro atoms. The van der Waals surface area contributed by atoms with Crippen molar-refractivity contribution in [1.82, 2.24) is 19.9 Å². The molecule has 2 aromatic rings. The van der Waals surface area contributed by atoms with Crippen molar-refractivity contribution >= 4 is 46.5 Å². The van der Waals surface area contributed by atoms with Crippen LogP contribution in [0.5, 0.6) is 0 Å². The number of allylic oxidation sites excluding steroid dienone is 1. The Morgan fingerprint density at radius 1 is 1.26 bits per heavy atom. The Morgan fingerprint density at radius 3 is 2.65 bits per heavy atom. The zero-order chi connectivity index (χ0) is 34.1. The largest absolute Gasteiger partial charge is 0.490 e. The van der Waals surface area contributed by atoms with Crippen LogP contribution in [0.4, 0.5) is 10.7 Å². The van der Waals surface area contributed by atoms with Gasteiger partial charge in [-0.3, -0.25) is 18.8 Å². The predicted octanol–water partition coefficient (Wildman–Crippen LogP) is 1.82. The summed E-state index contributed by atoms with van der Waals surface area (Å²) in [7, 11) is -15.4. The van der Waals surface area contributed by atoms with Crippen LogP contribution in [0.1, 0.15) is 25.1 Å². The topological polar surface area (TPSA) is 282 Å². The molecule has 254 valence electrons. The summed E-state index contributed by atoms with van der Waals surface area (Å²) < 4.78 is 70.5. The van der Waals surface area contributed by atoms with Crippen molar-refractivity contribution in [2.24, 2.45) is 0 Å². The smallest absolute Gasteiger partial charge is 0.445 e. The Morgan fingerprint density at radius 2 is 1.98 bits per heavy atom. The number of anilines is 1. The highest BCUT2D eigenvalue weighted by Gasteiger charge is 2.44. The summed E-state index contributed by atoms with van der Waals surface area (Å²) in [4.78, 5) is 59.9. The highest BCUT2D eigenvalue weighted by atomic mass is 31.3. The molecule has 3 heterocycles. The van der Waals surface area contributed by atoms with Crippen molar-refractivity contribution < 1.29 is 65.0 Å². The van der Waals surface area contributed by atoms with E-state index in [2.05, 4.69) is 46.8 Å². The zero-order valence-corrected chi connectivity index (χ0v) is 27.0. The third-order valence-electron chi connectivity index (χ3n) is 5.76. The number of phosphoric ester groups is 2. The summed E-state index contributed by atoms with van der Waals surface area (Å²) in [5, 5.41) is 2.49. The second-order valence-corrected chi connectivity index (χ2v) is 13.7. The van der Waals surface area contributed by atoms with Crippen LogP contribution < -0.4 is 16.6 Å². The Bertz CT molecular complexity index is 1710. The summed E-state index contributed by atoms with van der Waals surface area (Å²) in [6.07, 6.45) is 2.69. The lowest BCUT2D eigenvalue weighted by Gasteiger charge is -2.21. The number of nitrogens with zero attached hydrogens (tertiary/aromatic N) is 2. The molecule has 0 bridgehead atoms. The van der Waals surface area contributed by atoms with Crippen LogP contribution in [0.25, 0.3) is 11.0 Å². The van der Waals surface area contributed by atoms with Gasteiger partial charge in [0.1, 0.15) is 18.9 Å². The number of aromatic nitrogens is 3. The highest BCUT2D eigenvalue weighted by molar-refractivity contribution is 7.66. The summed E-state index contributed by atoms with van der Waals surface area (Å²) in [5.41, 5.74) is 5.43. The number of nitrogens with two attached hydrogens (primary N) is 1. The number of fused-ring (bicyclic) bond motifs is 1. The van der Waals surface area contributed by atoms with Crippen molar-refractivity contribution in [2.75, 3.05) is 39.2 Å². The molecule has 0 aliphatic carbocycles. The molecule has 7 N–H and O–H groups in total. The molecule has 46 heavy (non-hydrogen) atoms. The van der Waals surface area contributed by atoms with Gasteiger partial charge in [0.15, 0.2) is 5.65 Å². The molecule has 1 fully saturated rings. The van der Waals surface area contributed by atoms with E-state index in [0.29, 0.717) is 7.11 Å². The van der Waals surface area contributed by atoms with E-state index >= 15 is 0 Å². The van der Waals surface area contributed by atoms with E-state index in [1.54, 1.807) is 19.1 Å². The molecule has 1 aliphatic heterocycles. The average Bonchev–Trinajstić information content (AvgIpc) is 3.53. The SMILES string of the molecule is C=CCOC1C[C@H](n2cc(C#CCNC(=O)OC/C=C\C)c3c(=O)[nH]c(N)nc32)O[C@@H]1COP(=O)(O)OP(=O)(O)OP(=O)(O)OC. The van der Waals surface area contributed by atoms with Gasteiger partial charge in [-0.05, 0) is 6.92 Å². The first-order valence-corrected chi connectivity index (χ1v) is 17.5. The molecule has 1 saturated heterocycles. The Labute approximate surface area is 261 Å². The van der Waals surface area contributed by atoms with Gasteiger partial charge in [0.05, 0.1) is 36.8 Å². The maximum atomic E-state index is 12.8. The lowest BCUT2D eigenvalue weighted by atomic mass is 10.2. The van der Waals surface area contributed by atoms with Gasteiger partial charge in [-0.2, -0.15) is 13.6 Å². The summed E-state index contributed by atoms with van der Waals surface area (Å²) >= 11 is 0. The molecule has 0 aromatic carbocycles. The molecule has 0 radical (unpaired) electrons. The molecule has 1 amide bonds. The van der Waals surface area contributed by atoms with Crippen molar-refractivity contribution in [2.45, 2.75) is 31.8 Å². The number of rotatable bonds is 15. The first-order chi connectivity index (χ1) is 21.6. The summed E-state index contributed by atoms with van der Waals surface area (Å²) in [6.45, 7) is 4.56. The second kappa shape index (κ2) is 16.1. The van der Waals surface area contributed by atoms with Crippen molar-refractivity contribution in [3.8, 4) is 11.8 Å². The predicted molar refractivity (Wildman–Crippen MR) is 159 cm³/mol. The molecule has 2 aromatic heterocycles. The fraction of sp³-hybridized carbons (Fsp3) is 0.435. The number of carbonyl (C=O) groups excluding carboxylic acids is 1. The molecule has 0 saturated carbocycles. The van der Waals surface area contributed by atoms with E-state index < -0.39 is 60.2 Å². The molecule has 20 nitrogen and oxygen atoms in total. The van der Waals surface area contributed by atoms with E-state index in [-0.39, 0.29) is 48.7 Å². The Kier molecular flexibility index (Phi) is 13.1. The minimum atomic E-state index is -5.63. The summed E-state index contributed by atoms with van der Waals surface area (Å²) in [5.74, 6) is 5.28. The molecule has 4 unspecified atom stereocenters.